The zero-order valence-electron chi connectivity index (χ0n) is 10.6. The molecule has 3 nitrogen and oxygen atoms in total. The second-order valence-corrected chi connectivity index (χ2v) is 4.04. The van der Waals surface area contributed by atoms with E-state index in [4.69, 9.17) is 9.84 Å². The molecule has 1 aromatic rings. The lowest BCUT2D eigenvalue weighted by atomic mass is 10.1. The third-order valence-corrected chi connectivity index (χ3v) is 2.99. The fourth-order valence-corrected chi connectivity index (χ4v) is 1.84. The first-order chi connectivity index (χ1) is 7.61. The summed E-state index contributed by atoms with van der Waals surface area (Å²) in [6.45, 7) is 5.27. The summed E-state index contributed by atoms with van der Waals surface area (Å²) < 4.78 is 5.28. The second-order valence-electron chi connectivity index (χ2n) is 4.04. The average Bonchev–Trinajstić information content (AvgIpc) is 2.29. The molecule has 0 atom stereocenters. The van der Waals surface area contributed by atoms with E-state index in [1.165, 1.54) is 16.8 Å². The van der Waals surface area contributed by atoms with Gasteiger partial charge in [-0.15, -0.1) is 0 Å². The molecule has 0 unspecified atom stereocenters. The fourth-order valence-electron chi connectivity index (χ4n) is 1.84. The Morgan fingerprint density at radius 1 is 1.25 bits per heavy atom. The van der Waals surface area contributed by atoms with Gasteiger partial charge in [0.15, 0.2) is 0 Å². The van der Waals surface area contributed by atoms with Gasteiger partial charge in [0.05, 0.1) is 7.11 Å². The molecule has 0 aliphatic rings. The van der Waals surface area contributed by atoms with Gasteiger partial charge in [0.25, 0.3) is 0 Å². The summed E-state index contributed by atoms with van der Waals surface area (Å²) in [5.74, 6) is 0.928. The zero-order valence-corrected chi connectivity index (χ0v) is 10.6. The van der Waals surface area contributed by atoms with E-state index < -0.39 is 0 Å². The summed E-state index contributed by atoms with van der Waals surface area (Å²) in [6, 6.07) is 4.06. The van der Waals surface area contributed by atoms with Crippen molar-refractivity contribution in [3.63, 3.8) is 0 Å². The Labute approximate surface area is 97.7 Å². The van der Waals surface area contributed by atoms with Crippen LogP contribution in [0.4, 0.5) is 5.69 Å². The summed E-state index contributed by atoms with van der Waals surface area (Å²) in [7, 11) is 3.74. The van der Waals surface area contributed by atoms with Gasteiger partial charge in [0, 0.05) is 25.9 Å². The molecule has 0 amide bonds. The molecule has 0 spiro atoms. The van der Waals surface area contributed by atoms with Crippen LogP contribution in [0, 0.1) is 13.8 Å². The Bertz CT molecular complexity index is 350. The number of hydrogen-bond donors (Lipinski definition) is 1. The van der Waals surface area contributed by atoms with Gasteiger partial charge in [-0.25, -0.2) is 0 Å². The predicted octanol–water partition coefficient (Wildman–Crippen LogP) is 2.13. The van der Waals surface area contributed by atoms with E-state index >= 15 is 0 Å². The highest BCUT2D eigenvalue weighted by molar-refractivity contribution is 5.59. The largest absolute Gasteiger partial charge is 0.496 e. The minimum atomic E-state index is 0.235. The molecule has 1 rings (SSSR count). The maximum absolute atomic E-state index is 8.82. The number of nitrogens with zero attached hydrogens (tertiary/aromatic N) is 1. The number of aliphatic hydroxyl groups is 1. The van der Waals surface area contributed by atoms with Crippen LogP contribution >= 0.6 is 0 Å². The zero-order chi connectivity index (χ0) is 12.1. The van der Waals surface area contributed by atoms with Gasteiger partial charge in [-0.1, -0.05) is 0 Å². The monoisotopic (exact) mass is 223 g/mol. The molecule has 16 heavy (non-hydrogen) atoms. The standard InChI is InChI=1S/C13H21NO2/c1-10-11(2)13(16-4)7-6-12(10)14(3)8-5-9-15/h6-7,15H,5,8-9H2,1-4H3. The molecule has 0 heterocycles. The van der Waals surface area contributed by atoms with Crippen LogP contribution in [0.3, 0.4) is 0 Å². The summed E-state index contributed by atoms with van der Waals surface area (Å²) in [4.78, 5) is 2.16. The highest BCUT2D eigenvalue weighted by atomic mass is 16.5. The van der Waals surface area contributed by atoms with E-state index in [0.29, 0.717) is 0 Å². The third kappa shape index (κ3) is 2.67. The number of hydrogen-bond acceptors (Lipinski definition) is 3. The van der Waals surface area contributed by atoms with Gasteiger partial charge in [0.2, 0.25) is 0 Å². The molecular weight excluding hydrogens is 202 g/mol. The maximum Gasteiger partial charge on any atom is 0.122 e. The SMILES string of the molecule is COc1ccc(N(C)CCCO)c(C)c1C. The molecule has 1 aromatic carbocycles. The Hall–Kier alpha value is -1.22. The minimum Gasteiger partial charge on any atom is -0.496 e. The normalized spacial score (nSPS) is 10.3. The smallest absolute Gasteiger partial charge is 0.122 e. The van der Waals surface area contributed by atoms with Gasteiger partial charge in [-0.2, -0.15) is 0 Å². The molecule has 3 heteroatoms. The third-order valence-electron chi connectivity index (χ3n) is 2.99. The van der Waals surface area contributed by atoms with Crippen LogP contribution in [0.25, 0.3) is 0 Å². The predicted molar refractivity (Wildman–Crippen MR) is 67.4 cm³/mol. The van der Waals surface area contributed by atoms with Crippen molar-refractivity contribution >= 4 is 5.69 Å². The first kappa shape index (κ1) is 12.8. The van der Waals surface area contributed by atoms with Crippen molar-refractivity contribution in [1.82, 2.24) is 0 Å². The highest BCUT2D eigenvalue weighted by Gasteiger charge is 2.09. The lowest BCUT2D eigenvalue weighted by Crippen LogP contribution is -2.20. The van der Waals surface area contributed by atoms with Crippen LogP contribution in [0.1, 0.15) is 17.5 Å². The van der Waals surface area contributed by atoms with Crippen LogP contribution in [0.5, 0.6) is 5.75 Å². The molecule has 0 aliphatic carbocycles. The van der Waals surface area contributed by atoms with Crippen molar-refractivity contribution in [2.24, 2.45) is 0 Å². The Morgan fingerprint density at radius 2 is 1.94 bits per heavy atom. The van der Waals surface area contributed by atoms with Crippen molar-refractivity contribution in [1.29, 1.82) is 0 Å². The first-order valence-electron chi connectivity index (χ1n) is 5.58. The van der Waals surface area contributed by atoms with E-state index in [0.717, 1.165) is 18.7 Å². The van der Waals surface area contributed by atoms with Gasteiger partial charge < -0.3 is 14.7 Å². The summed E-state index contributed by atoms with van der Waals surface area (Å²) in [5.41, 5.74) is 3.61. The van der Waals surface area contributed by atoms with Crippen molar-refractivity contribution < 1.29 is 9.84 Å². The minimum absolute atomic E-state index is 0.235. The molecule has 0 saturated heterocycles. The molecule has 0 saturated carbocycles. The van der Waals surface area contributed by atoms with E-state index in [1.807, 2.05) is 13.1 Å². The summed E-state index contributed by atoms with van der Waals surface area (Å²) in [6.07, 6.45) is 0.793. The molecule has 0 bridgehead atoms. The van der Waals surface area contributed by atoms with Crippen LogP contribution in [0.2, 0.25) is 0 Å². The fraction of sp³-hybridized carbons (Fsp3) is 0.538. The molecule has 1 N–H and O–H groups in total. The van der Waals surface area contributed by atoms with E-state index in [1.54, 1.807) is 7.11 Å². The van der Waals surface area contributed by atoms with Crippen LogP contribution in [-0.2, 0) is 0 Å². The van der Waals surface area contributed by atoms with E-state index in [2.05, 4.69) is 24.8 Å². The molecule has 0 aliphatic heterocycles. The van der Waals surface area contributed by atoms with Crippen LogP contribution < -0.4 is 9.64 Å². The first-order valence-corrected chi connectivity index (χ1v) is 5.58. The quantitative estimate of drug-likeness (QED) is 0.830. The number of anilines is 1. The lowest BCUT2D eigenvalue weighted by molar-refractivity contribution is 0.290. The summed E-state index contributed by atoms with van der Waals surface area (Å²) >= 11 is 0. The summed E-state index contributed by atoms with van der Waals surface area (Å²) in [5, 5.41) is 8.82. The van der Waals surface area contributed by atoms with Gasteiger partial charge in [0.1, 0.15) is 5.75 Å². The molecule has 0 radical (unpaired) electrons. The van der Waals surface area contributed by atoms with Gasteiger partial charge in [-0.3, -0.25) is 0 Å². The highest BCUT2D eigenvalue weighted by Crippen LogP contribution is 2.29. The average molecular weight is 223 g/mol. The molecule has 0 aromatic heterocycles. The van der Waals surface area contributed by atoms with Gasteiger partial charge >= 0.3 is 0 Å². The maximum atomic E-state index is 8.82. The second kappa shape index (κ2) is 5.75. The van der Waals surface area contributed by atoms with Crippen molar-refractivity contribution in [2.45, 2.75) is 20.3 Å². The Morgan fingerprint density at radius 3 is 2.50 bits per heavy atom. The van der Waals surface area contributed by atoms with Crippen LogP contribution in [-0.4, -0.2) is 32.4 Å². The van der Waals surface area contributed by atoms with Gasteiger partial charge in [-0.05, 0) is 43.5 Å². The van der Waals surface area contributed by atoms with Crippen molar-refractivity contribution in [3.05, 3.63) is 23.3 Å². The molecule has 0 fully saturated rings. The van der Waals surface area contributed by atoms with Crippen molar-refractivity contribution in [2.75, 3.05) is 32.2 Å². The number of methoxy groups -OCH3 is 1. The molecular formula is C13H21NO2. The number of benzene rings is 1. The molecule has 90 valence electrons. The van der Waals surface area contributed by atoms with Crippen molar-refractivity contribution in [3.8, 4) is 5.75 Å². The lowest BCUT2D eigenvalue weighted by Gasteiger charge is -2.23. The number of ether oxygens (including phenoxy) is 1. The van der Waals surface area contributed by atoms with E-state index in [-0.39, 0.29) is 6.61 Å². The Kier molecular flexibility index (Phi) is 4.62. The van der Waals surface area contributed by atoms with Crippen LogP contribution in [0.15, 0.2) is 12.1 Å². The van der Waals surface area contributed by atoms with E-state index in [9.17, 15) is 0 Å². The number of aliphatic hydroxyl groups excluding tert-OH is 1. The topological polar surface area (TPSA) is 32.7 Å². The number of rotatable bonds is 5. The Balaban J connectivity index is 2.93.